The molecule has 1 unspecified atom stereocenters. The Bertz CT molecular complexity index is 538. The van der Waals surface area contributed by atoms with Gasteiger partial charge in [-0.05, 0) is 25.1 Å². The first-order chi connectivity index (χ1) is 8.79. The number of nitrogens with zero attached hydrogens (tertiary/aromatic N) is 3. The normalized spacial score (nSPS) is 12.4. The van der Waals surface area contributed by atoms with Crippen LogP contribution in [0.3, 0.4) is 0 Å². The molecule has 1 atom stereocenters. The van der Waals surface area contributed by atoms with E-state index in [9.17, 15) is 13.2 Å². The minimum atomic E-state index is -4.57. The van der Waals surface area contributed by atoms with Crippen LogP contribution in [0.4, 0.5) is 18.9 Å². The molecule has 0 heterocycles. The minimum Gasteiger partial charge on any atom is -0.373 e. The predicted octanol–water partition coefficient (Wildman–Crippen LogP) is 3.17. The zero-order chi connectivity index (χ0) is 14.6. The highest BCUT2D eigenvalue weighted by molar-refractivity contribution is 5.54. The fraction of sp³-hybridized carbons (Fsp3) is 0.385. The van der Waals surface area contributed by atoms with Crippen molar-refractivity contribution in [3.05, 3.63) is 29.3 Å². The van der Waals surface area contributed by atoms with Gasteiger partial charge in [0.25, 0.3) is 0 Å². The zero-order valence-electron chi connectivity index (χ0n) is 10.5. The standard InChI is InChI=1S/C13H12F3N3/c1-9(6-17)8-19(2)11-4-3-10(7-18)12(5-11)13(14,15)16/h3-5,9H,8H2,1-2H3. The predicted molar refractivity (Wildman–Crippen MR) is 64.2 cm³/mol. The molecule has 1 rings (SSSR count). The summed E-state index contributed by atoms with van der Waals surface area (Å²) in [5, 5.41) is 17.4. The Hall–Kier alpha value is -2.21. The molecule has 100 valence electrons. The van der Waals surface area contributed by atoms with E-state index < -0.39 is 17.3 Å². The van der Waals surface area contributed by atoms with Gasteiger partial charge in [-0.1, -0.05) is 0 Å². The van der Waals surface area contributed by atoms with E-state index in [1.807, 2.05) is 6.07 Å². The van der Waals surface area contributed by atoms with E-state index in [0.717, 1.165) is 12.1 Å². The van der Waals surface area contributed by atoms with Gasteiger partial charge in [0.05, 0.1) is 29.2 Å². The third-order valence-electron chi connectivity index (χ3n) is 2.64. The van der Waals surface area contributed by atoms with Gasteiger partial charge in [-0.3, -0.25) is 0 Å². The summed E-state index contributed by atoms with van der Waals surface area (Å²) < 4.78 is 38.4. The molecule has 1 aromatic rings. The Labute approximate surface area is 109 Å². The monoisotopic (exact) mass is 267 g/mol. The second kappa shape index (κ2) is 5.62. The van der Waals surface area contributed by atoms with Crippen molar-refractivity contribution in [1.82, 2.24) is 0 Å². The quantitative estimate of drug-likeness (QED) is 0.845. The van der Waals surface area contributed by atoms with Crippen LogP contribution in [0.15, 0.2) is 18.2 Å². The molecule has 0 aliphatic carbocycles. The van der Waals surface area contributed by atoms with Crippen LogP contribution in [0.25, 0.3) is 0 Å². The Balaban J connectivity index is 3.13. The molecule has 0 saturated heterocycles. The maximum atomic E-state index is 12.8. The van der Waals surface area contributed by atoms with Gasteiger partial charge in [0.15, 0.2) is 0 Å². The Kier molecular flexibility index (Phi) is 4.39. The molecule has 19 heavy (non-hydrogen) atoms. The zero-order valence-corrected chi connectivity index (χ0v) is 10.5. The van der Waals surface area contributed by atoms with E-state index in [4.69, 9.17) is 10.5 Å². The molecule has 0 aromatic heterocycles. The molecule has 0 amide bonds. The van der Waals surface area contributed by atoms with Gasteiger partial charge in [-0.15, -0.1) is 0 Å². The molecular formula is C13H12F3N3. The lowest BCUT2D eigenvalue weighted by molar-refractivity contribution is -0.137. The molecule has 6 heteroatoms. The van der Waals surface area contributed by atoms with Gasteiger partial charge in [-0.2, -0.15) is 23.7 Å². The number of anilines is 1. The van der Waals surface area contributed by atoms with Crippen molar-refractivity contribution in [2.24, 2.45) is 5.92 Å². The molecule has 3 nitrogen and oxygen atoms in total. The van der Waals surface area contributed by atoms with Gasteiger partial charge < -0.3 is 4.90 Å². The number of nitriles is 2. The van der Waals surface area contributed by atoms with Crippen molar-refractivity contribution < 1.29 is 13.2 Å². The number of benzene rings is 1. The lowest BCUT2D eigenvalue weighted by atomic mass is 10.1. The van der Waals surface area contributed by atoms with Crippen LogP contribution in [-0.4, -0.2) is 13.6 Å². The molecule has 0 spiro atoms. The number of hydrogen-bond donors (Lipinski definition) is 0. The summed E-state index contributed by atoms with van der Waals surface area (Å²) in [5.74, 6) is -0.296. The van der Waals surface area contributed by atoms with Crippen LogP contribution in [-0.2, 0) is 6.18 Å². The molecule has 0 radical (unpaired) electrons. The molecule has 0 aliphatic rings. The molecule has 0 aliphatic heterocycles. The molecular weight excluding hydrogens is 255 g/mol. The second-order valence-electron chi connectivity index (χ2n) is 4.25. The van der Waals surface area contributed by atoms with Crippen molar-refractivity contribution in [3.8, 4) is 12.1 Å². The first-order valence-corrected chi connectivity index (χ1v) is 5.51. The Morgan fingerprint density at radius 1 is 1.32 bits per heavy atom. The summed E-state index contributed by atoms with van der Waals surface area (Å²) >= 11 is 0. The van der Waals surface area contributed by atoms with Gasteiger partial charge in [0.2, 0.25) is 0 Å². The topological polar surface area (TPSA) is 50.8 Å². The number of hydrogen-bond acceptors (Lipinski definition) is 3. The van der Waals surface area contributed by atoms with Crippen LogP contribution < -0.4 is 4.90 Å². The number of alkyl halides is 3. The Morgan fingerprint density at radius 2 is 1.95 bits per heavy atom. The highest BCUT2D eigenvalue weighted by atomic mass is 19.4. The summed E-state index contributed by atoms with van der Waals surface area (Å²) in [7, 11) is 1.61. The third-order valence-corrected chi connectivity index (χ3v) is 2.64. The van der Waals surface area contributed by atoms with Crippen LogP contribution in [0.2, 0.25) is 0 Å². The van der Waals surface area contributed by atoms with Crippen molar-refractivity contribution in [3.63, 3.8) is 0 Å². The average Bonchev–Trinajstić information content (AvgIpc) is 2.36. The van der Waals surface area contributed by atoms with Gasteiger partial charge in [0.1, 0.15) is 0 Å². The second-order valence-corrected chi connectivity index (χ2v) is 4.25. The van der Waals surface area contributed by atoms with Crippen LogP contribution >= 0.6 is 0 Å². The highest BCUT2D eigenvalue weighted by Crippen LogP contribution is 2.34. The average molecular weight is 267 g/mol. The maximum Gasteiger partial charge on any atom is 0.417 e. The summed E-state index contributed by atoms with van der Waals surface area (Å²) in [6.07, 6.45) is -4.57. The molecule has 0 bridgehead atoms. The summed E-state index contributed by atoms with van der Waals surface area (Å²) in [5.41, 5.74) is -1.03. The highest BCUT2D eigenvalue weighted by Gasteiger charge is 2.34. The maximum absolute atomic E-state index is 12.8. The van der Waals surface area contributed by atoms with Gasteiger partial charge in [0, 0.05) is 19.3 Å². The third kappa shape index (κ3) is 3.62. The SMILES string of the molecule is CC(C#N)CN(C)c1ccc(C#N)c(C(F)(F)F)c1. The first kappa shape index (κ1) is 14.8. The fourth-order valence-electron chi connectivity index (χ4n) is 1.66. The summed E-state index contributed by atoms with van der Waals surface area (Å²) in [6.45, 7) is 2.00. The van der Waals surface area contributed by atoms with E-state index >= 15 is 0 Å². The Morgan fingerprint density at radius 3 is 2.42 bits per heavy atom. The van der Waals surface area contributed by atoms with Gasteiger partial charge >= 0.3 is 6.18 Å². The van der Waals surface area contributed by atoms with Crippen LogP contribution in [0, 0.1) is 28.6 Å². The molecule has 1 aromatic carbocycles. The minimum absolute atomic E-state index is 0.296. The van der Waals surface area contributed by atoms with Crippen molar-refractivity contribution in [2.75, 3.05) is 18.5 Å². The first-order valence-electron chi connectivity index (χ1n) is 5.51. The smallest absolute Gasteiger partial charge is 0.373 e. The molecule has 0 fully saturated rings. The number of halogens is 3. The molecule has 0 saturated carbocycles. The van der Waals surface area contributed by atoms with E-state index in [1.165, 1.54) is 12.1 Å². The van der Waals surface area contributed by atoms with Crippen LogP contribution in [0.5, 0.6) is 0 Å². The lowest BCUT2D eigenvalue weighted by Crippen LogP contribution is -2.23. The van der Waals surface area contributed by atoms with Gasteiger partial charge in [-0.25, -0.2) is 0 Å². The summed E-state index contributed by atoms with van der Waals surface area (Å²) in [4.78, 5) is 1.56. The van der Waals surface area contributed by atoms with Crippen LogP contribution in [0.1, 0.15) is 18.1 Å². The van der Waals surface area contributed by atoms with Crippen molar-refractivity contribution in [1.29, 1.82) is 10.5 Å². The summed E-state index contributed by atoms with van der Waals surface area (Å²) in [6, 6.07) is 7.07. The van der Waals surface area contributed by atoms with E-state index in [0.29, 0.717) is 12.2 Å². The fourth-order valence-corrected chi connectivity index (χ4v) is 1.66. The van der Waals surface area contributed by atoms with Crippen molar-refractivity contribution in [2.45, 2.75) is 13.1 Å². The van der Waals surface area contributed by atoms with E-state index in [1.54, 1.807) is 18.9 Å². The largest absolute Gasteiger partial charge is 0.417 e. The van der Waals surface area contributed by atoms with E-state index in [-0.39, 0.29) is 5.92 Å². The molecule has 0 N–H and O–H groups in total. The number of rotatable bonds is 3. The van der Waals surface area contributed by atoms with Crippen molar-refractivity contribution >= 4 is 5.69 Å². The van der Waals surface area contributed by atoms with E-state index in [2.05, 4.69) is 0 Å². The lowest BCUT2D eigenvalue weighted by Gasteiger charge is -2.22.